The summed E-state index contributed by atoms with van der Waals surface area (Å²) >= 11 is 12.2. The Morgan fingerprint density at radius 1 is 1.03 bits per heavy atom. The predicted molar refractivity (Wildman–Crippen MR) is 117 cm³/mol. The van der Waals surface area contributed by atoms with Gasteiger partial charge in [0, 0.05) is 16.1 Å². The van der Waals surface area contributed by atoms with E-state index >= 15 is 0 Å². The molecule has 0 aromatic heterocycles. The number of sulfonamides is 1. The van der Waals surface area contributed by atoms with Gasteiger partial charge in [0.2, 0.25) is 5.91 Å². The van der Waals surface area contributed by atoms with Crippen LogP contribution in [0, 0.1) is 6.92 Å². The maximum Gasteiger partial charge on any atom is 0.264 e. The Bertz CT molecular complexity index is 952. The molecule has 0 saturated heterocycles. The number of halogens is 2. The van der Waals surface area contributed by atoms with Gasteiger partial charge in [-0.15, -0.1) is 0 Å². The van der Waals surface area contributed by atoms with Crippen molar-refractivity contribution >= 4 is 44.8 Å². The van der Waals surface area contributed by atoms with Gasteiger partial charge in [-0.1, -0.05) is 60.2 Å². The summed E-state index contributed by atoms with van der Waals surface area (Å²) in [6, 6.07) is 11.1. The lowest BCUT2D eigenvalue weighted by molar-refractivity contribution is -0.120. The van der Waals surface area contributed by atoms with Gasteiger partial charge in [0.05, 0.1) is 10.6 Å². The molecule has 8 heteroatoms. The fourth-order valence-corrected chi connectivity index (χ4v) is 5.41. The SMILES string of the molecule is Cc1ccc(S(=O)(=O)N(CC(=O)NC2CCCCC2)c2cc(Cl)cc(Cl)c2)cc1. The first-order valence-corrected chi connectivity index (χ1v) is 11.8. The third-order valence-electron chi connectivity index (χ3n) is 5.00. The van der Waals surface area contributed by atoms with Gasteiger partial charge in [-0.05, 0) is 50.1 Å². The van der Waals surface area contributed by atoms with Crippen LogP contribution in [0.15, 0.2) is 47.4 Å². The van der Waals surface area contributed by atoms with E-state index in [1.165, 1.54) is 36.8 Å². The average molecular weight is 455 g/mol. The van der Waals surface area contributed by atoms with E-state index in [4.69, 9.17) is 23.2 Å². The molecule has 0 unspecified atom stereocenters. The first-order valence-electron chi connectivity index (χ1n) is 9.60. The predicted octanol–water partition coefficient (Wildman–Crippen LogP) is 4.95. The third-order valence-corrected chi connectivity index (χ3v) is 7.23. The lowest BCUT2D eigenvalue weighted by Gasteiger charge is -2.27. The molecule has 0 radical (unpaired) electrons. The summed E-state index contributed by atoms with van der Waals surface area (Å²) < 4.78 is 27.8. The van der Waals surface area contributed by atoms with Crippen molar-refractivity contribution in [3.63, 3.8) is 0 Å². The molecule has 1 N–H and O–H groups in total. The quantitative estimate of drug-likeness (QED) is 0.671. The number of rotatable bonds is 6. The maximum atomic E-state index is 13.4. The van der Waals surface area contributed by atoms with Crippen LogP contribution in [-0.4, -0.2) is 26.9 Å². The van der Waals surface area contributed by atoms with Crippen LogP contribution in [0.3, 0.4) is 0 Å². The van der Waals surface area contributed by atoms with E-state index in [2.05, 4.69) is 5.32 Å². The second kappa shape index (κ2) is 9.37. The standard InChI is InChI=1S/C21H24Cl2N2O3S/c1-15-7-9-20(10-8-15)29(27,28)25(19-12-16(22)11-17(23)13-19)14-21(26)24-18-5-3-2-4-6-18/h7-13,18H,2-6,14H2,1H3,(H,24,26). The van der Waals surface area contributed by atoms with Crippen LogP contribution >= 0.6 is 23.2 Å². The number of carbonyl (C=O) groups excluding carboxylic acids is 1. The highest BCUT2D eigenvalue weighted by Gasteiger charge is 2.28. The van der Waals surface area contributed by atoms with E-state index in [9.17, 15) is 13.2 Å². The molecule has 0 bridgehead atoms. The van der Waals surface area contributed by atoms with Crippen molar-refractivity contribution in [2.75, 3.05) is 10.8 Å². The third kappa shape index (κ3) is 5.65. The highest BCUT2D eigenvalue weighted by molar-refractivity contribution is 7.92. The van der Waals surface area contributed by atoms with E-state index in [-0.39, 0.29) is 29.1 Å². The van der Waals surface area contributed by atoms with Crippen molar-refractivity contribution in [1.29, 1.82) is 0 Å². The van der Waals surface area contributed by atoms with E-state index < -0.39 is 10.0 Å². The fourth-order valence-electron chi connectivity index (χ4n) is 3.49. The van der Waals surface area contributed by atoms with Gasteiger partial charge in [0.1, 0.15) is 6.54 Å². The largest absolute Gasteiger partial charge is 0.352 e. The second-order valence-corrected chi connectivity index (χ2v) is 10.1. The molecule has 5 nitrogen and oxygen atoms in total. The van der Waals surface area contributed by atoms with Gasteiger partial charge < -0.3 is 5.32 Å². The monoisotopic (exact) mass is 454 g/mol. The lowest BCUT2D eigenvalue weighted by Crippen LogP contribution is -2.44. The number of nitrogens with one attached hydrogen (secondary N) is 1. The summed E-state index contributed by atoms with van der Waals surface area (Å²) in [4.78, 5) is 12.8. The smallest absolute Gasteiger partial charge is 0.264 e. The number of amides is 1. The molecular formula is C21H24Cl2N2O3S. The number of anilines is 1. The van der Waals surface area contributed by atoms with Crippen molar-refractivity contribution < 1.29 is 13.2 Å². The van der Waals surface area contributed by atoms with Crippen LogP contribution in [-0.2, 0) is 14.8 Å². The lowest BCUT2D eigenvalue weighted by atomic mass is 9.95. The molecule has 3 rings (SSSR count). The summed E-state index contributed by atoms with van der Waals surface area (Å²) in [6.07, 6.45) is 5.14. The molecule has 0 spiro atoms. The van der Waals surface area contributed by atoms with Crippen molar-refractivity contribution in [2.45, 2.75) is 50.0 Å². The van der Waals surface area contributed by atoms with Crippen molar-refractivity contribution in [1.82, 2.24) is 5.32 Å². The number of aryl methyl sites for hydroxylation is 1. The van der Waals surface area contributed by atoms with E-state index in [1.54, 1.807) is 12.1 Å². The number of hydrogen-bond acceptors (Lipinski definition) is 3. The summed E-state index contributed by atoms with van der Waals surface area (Å²) in [5.74, 6) is -0.344. The molecule has 0 heterocycles. The van der Waals surface area contributed by atoms with E-state index in [0.717, 1.165) is 35.6 Å². The number of hydrogen-bond donors (Lipinski definition) is 1. The zero-order chi connectivity index (χ0) is 21.0. The molecule has 1 aliphatic rings. The van der Waals surface area contributed by atoms with Gasteiger partial charge in [-0.2, -0.15) is 0 Å². The minimum absolute atomic E-state index is 0.0862. The highest BCUT2D eigenvalue weighted by atomic mass is 35.5. The van der Waals surface area contributed by atoms with Gasteiger partial charge >= 0.3 is 0 Å². The molecule has 29 heavy (non-hydrogen) atoms. The van der Waals surface area contributed by atoms with Crippen LogP contribution in [0.25, 0.3) is 0 Å². The Kier molecular flexibility index (Phi) is 7.09. The molecule has 1 fully saturated rings. The average Bonchev–Trinajstić information content (AvgIpc) is 2.66. The van der Waals surface area contributed by atoms with Crippen LogP contribution in [0.4, 0.5) is 5.69 Å². The Morgan fingerprint density at radius 3 is 2.21 bits per heavy atom. The highest BCUT2D eigenvalue weighted by Crippen LogP contribution is 2.30. The van der Waals surface area contributed by atoms with Crippen LogP contribution in [0.5, 0.6) is 0 Å². The Labute approximate surface area is 182 Å². The zero-order valence-electron chi connectivity index (χ0n) is 16.2. The zero-order valence-corrected chi connectivity index (χ0v) is 18.5. The summed E-state index contributed by atoms with van der Waals surface area (Å²) in [7, 11) is -3.99. The van der Waals surface area contributed by atoms with Crippen molar-refractivity contribution in [3.05, 3.63) is 58.1 Å². The topological polar surface area (TPSA) is 66.5 Å². The molecule has 0 aliphatic heterocycles. The summed E-state index contributed by atoms with van der Waals surface area (Å²) in [6.45, 7) is 1.53. The minimum Gasteiger partial charge on any atom is -0.352 e. The molecular weight excluding hydrogens is 431 g/mol. The number of carbonyl (C=O) groups is 1. The molecule has 0 atom stereocenters. The number of nitrogens with zero attached hydrogens (tertiary/aromatic N) is 1. The molecule has 2 aromatic rings. The van der Waals surface area contributed by atoms with Crippen LogP contribution in [0.2, 0.25) is 10.0 Å². The van der Waals surface area contributed by atoms with Gasteiger partial charge in [0.25, 0.3) is 10.0 Å². The summed E-state index contributed by atoms with van der Waals surface area (Å²) in [5, 5.41) is 3.56. The first-order chi connectivity index (χ1) is 13.8. The first kappa shape index (κ1) is 21.9. The van der Waals surface area contributed by atoms with Crippen molar-refractivity contribution in [3.8, 4) is 0 Å². The number of benzene rings is 2. The second-order valence-electron chi connectivity index (χ2n) is 7.35. The Hall–Kier alpha value is -1.76. The van der Waals surface area contributed by atoms with Crippen LogP contribution < -0.4 is 9.62 Å². The Balaban J connectivity index is 1.92. The molecule has 1 amide bonds. The molecule has 156 valence electrons. The molecule has 1 saturated carbocycles. The van der Waals surface area contributed by atoms with E-state index in [1.807, 2.05) is 6.92 Å². The fraction of sp³-hybridized carbons (Fsp3) is 0.381. The normalized spacial score (nSPS) is 15.1. The maximum absolute atomic E-state index is 13.4. The van der Waals surface area contributed by atoms with Gasteiger partial charge in [-0.25, -0.2) is 8.42 Å². The van der Waals surface area contributed by atoms with Gasteiger partial charge in [-0.3, -0.25) is 9.10 Å². The van der Waals surface area contributed by atoms with E-state index in [0.29, 0.717) is 10.0 Å². The summed E-state index contributed by atoms with van der Waals surface area (Å²) in [5.41, 5.74) is 1.19. The molecule has 1 aliphatic carbocycles. The van der Waals surface area contributed by atoms with Gasteiger partial charge in [0.15, 0.2) is 0 Å². The van der Waals surface area contributed by atoms with Crippen LogP contribution in [0.1, 0.15) is 37.7 Å². The minimum atomic E-state index is -3.99. The van der Waals surface area contributed by atoms with Crippen molar-refractivity contribution in [2.24, 2.45) is 0 Å². The molecule has 2 aromatic carbocycles. The Morgan fingerprint density at radius 2 is 1.62 bits per heavy atom.